The molecular weight excluding hydrogens is 140 g/mol. The van der Waals surface area contributed by atoms with Crippen molar-refractivity contribution in [2.45, 2.75) is 6.92 Å². The van der Waals surface area contributed by atoms with Crippen molar-refractivity contribution in [1.82, 2.24) is 0 Å². The van der Waals surface area contributed by atoms with Crippen LogP contribution >= 0.6 is 0 Å². The summed E-state index contributed by atoms with van der Waals surface area (Å²) in [5.41, 5.74) is 0. The van der Waals surface area contributed by atoms with Crippen LogP contribution in [0.25, 0.3) is 0 Å². The summed E-state index contributed by atoms with van der Waals surface area (Å²) in [7, 11) is 0. The standard InChI is InChI=1S/C3H4.BrH.Mg/c1-3-2;;/h1H,2H3;1H;/q;;+2/p-1. The van der Waals surface area contributed by atoms with Gasteiger partial charge in [-0.05, 0) is 6.92 Å². The van der Waals surface area contributed by atoms with Gasteiger partial charge in [-0.3, -0.25) is 0 Å². The summed E-state index contributed by atoms with van der Waals surface area (Å²) in [5.74, 6) is 2.25. The minimum absolute atomic E-state index is 0. The first-order chi connectivity index (χ1) is 1.41. The van der Waals surface area contributed by atoms with Crippen molar-refractivity contribution in [2.75, 3.05) is 0 Å². The van der Waals surface area contributed by atoms with Crippen molar-refractivity contribution >= 4 is 23.1 Å². The fraction of sp³-hybridized carbons (Fsp3) is 0.333. The van der Waals surface area contributed by atoms with Gasteiger partial charge in [-0.15, -0.1) is 12.3 Å². The van der Waals surface area contributed by atoms with Crippen molar-refractivity contribution in [2.24, 2.45) is 0 Å². The molecule has 0 amide bonds. The molecule has 0 N–H and O–H groups in total. The summed E-state index contributed by atoms with van der Waals surface area (Å²) in [6.45, 7) is 1.65. The third kappa shape index (κ3) is 58.2. The quantitative estimate of drug-likeness (QED) is 0.256. The van der Waals surface area contributed by atoms with Crippen LogP contribution in [0.15, 0.2) is 0 Å². The molecule has 0 fully saturated rings. The topological polar surface area (TPSA) is 0 Å². The zero-order valence-corrected chi connectivity index (χ0v) is 6.16. The van der Waals surface area contributed by atoms with Gasteiger partial charge in [0.15, 0.2) is 0 Å². The summed E-state index contributed by atoms with van der Waals surface area (Å²) >= 11 is 0. The van der Waals surface area contributed by atoms with E-state index in [4.69, 9.17) is 0 Å². The van der Waals surface area contributed by atoms with E-state index in [0.29, 0.717) is 0 Å². The van der Waals surface area contributed by atoms with Crippen LogP contribution in [0.2, 0.25) is 0 Å². The molecule has 0 rings (SSSR count). The van der Waals surface area contributed by atoms with Gasteiger partial charge in [0.05, 0.1) is 0 Å². The fourth-order valence-electron chi connectivity index (χ4n) is 0. The van der Waals surface area contributed by atoms with Crippen molar-refractivity contribution in [1.29, 1.82) is 0 Å². The molecule has 0 bridgehead atoms. The van der Waals surface area contributed by atoms with Gasteiger partial charge in [0.2, 0.25) is 0 Å². The van der Waals surface area contributed by atoms with Crippen LogP contribution in [0.4, 0.5) is 0 Å². The zero-order valence-electron chi connectivity index (χ0n) is 3.16. The molecule has 0 aromatic rings. The molecular formula is C3H4BrMg+. The monoisotopic (exact) mass is 143 g/mol. The van der Waals surface area contributed by atoms with Gasteiger partial charge in [-0.2, -0.15) is 0 Å². The Morgan fingerprint density at radius 3 is 1.60 bits per heavy atom. The number of rotatable bonds is 0. The molecule has 0 heterocycles. The third-order valence-corrected chi connectivity index (χ3v) is 0. The Labute approximate surface area is 59.3 Å². The first-order valence-electron chi connectivity index (χ1n) is 0.789. The Hall–Kier alpha value is 0.806. The molecule has 0 aliphatic carbocycles. The molecule has 0 spiro atoms. The third-order valence-electron chi connectivity index (χ3n) is 0. The van der Waals surface area contributed by atoms with Crippen LogP contribution in [0, 0.1) is 12.3 Å². The van der Waals surface area contributed by atoms with Crippen LogP contribution in [0.1, 0.15) is 6.92 Å². The number of hydrogen-bond acceptors (Lipinski definition) is 0. The second-order valence-corrected chi connectivity index (χ2v) is 0.289. The molecule has 0 saturated heterocycles. The van der Waals surface area contributed by atoms with Crippen molar-refractivity contribution in [3.05, 3.63) is 0 Å². The van der Waals surface area contributed by atoms with E-state index >= 15 is 0 Å². The summed E-state index contributed by atoms with van der Waals surface area (Å²) in [6, 6.07) is 0. The van der Waals surface area contributed by atoms with Crippen molar-refractivity contribution in [3.8, 4) is 12.3 Å². The zero-order chi connectivity index (χ0) is 2.71. The second kappa shape index (κ2) is 21.3. The Kier molecular flexibility index (Phi) is 72.7. The van der Waals surface area contributed by atoms with E-state index in [1.165, 1.54) is 0 Å². The van der Waals surface area contributed by atoms with Crippen molar-refractivity contribution in [3.63, 3.8) is 0 Å². The summed E-state index contributed by atoms with van der Waals surface area (Å²) in [4.78, 5) is 0. The van der Waals surface area contributed by atoms with E-state index in [9.17, 15) is 0 Å². The Balaban J connectivity index is -0.0000000200. The van der Waals surface area contributed by atoms with Gasteiger partial charge in [-0.25, -0.2) is 0 Å². The van der Waals surface area contributed by atoms with Crippen LogP contribution in [0.5, 0.6) is 0 Å². The van der Waals surface area contributed by atoms with E-state index in [1.807, 2.05) is 0 Å². The normalized spacial score (nSPS) is 1.60. The first-order valence-corrected chi connectivity index (χ1v) is 0.789. The van der Waals surface area contributed by atoms with E-state index in [2.05, 4.69) is 12.3 Å². The fourth-order valence-corrected chi connectivity index (χ4v) is 0. The van der Waals surface area contributed by atoms with Gasteiger partial charge in [0.1, 0.15) is 0 Å². The summed E-state index contributed by atoms with van der Waals surface area (Å²) < 4.78 is 0. The van der Waals surface area contributed by atoms with Gasteiger partial charge >= 0.3 is 23.1 Å². The number of terminal acetylenes is 1. The molecule has 0 aliphatic rings. The SMILES string of the molecule is C#CC.[Br-].[Mg+2]. The van der Waals surface area contributed by atoms with E-state index in [-0.39, 0.29) is 40.0 Å². The smallest absolute Gasteiger partial charge is 1.00 e. The molecule has 5 heavy (non-hydrogen) atoms. The average Bonchev–Trinajstić information content (AvgIpc) is 0.918. The van der Waals surface area contributed by atoms with Gasteiger partial charge < -0.3 is 17.0 Å². The van der Waals surface area contributed by atoms with Crippen molar-refractivity contribution < 1.29 is 17.0 Å². The van der Waals surface area contributed by atoms with E-state index < -0.39 is 0 Å². The molecule has 24 valence electrons. The van der Waals surface area contributed by atoms with Gasteiger partial charge in [-0.1, -0.05) is 0 Å². The molecule has 0 aliphatic heterocycles. The molecule has 0 unspecified atom stereocenters. The number of hydrogen-bond donors (Lipinski definition) is 0. The van der Waals surface area contributed by atoms with Crippen LogP contribution in [-0.2, 0) is 0 Å². The molecule has 0 atom stereocenters. The second-order valence-electron chi connectivity index (χ2n) is 0.289. The molecule has 0 nitrogen and oxygen atoms in total. The molecule has 0 saturated carbocycles. The molecule has 2 heteroatoms. The van der Waals surface area contributed by atoms with E-state index in [1.54, 1.807) is 6.92 Å². The Morgan fingerprint density at radius 2 is 1.60 bits per heavy atom. The van der Waals surface area contributed by atoms with Gasteiger partial charge in [0.25, 0.3) is 0 Å². The first kappa shape index (κ1) is 17.0. The predicted molar refractivity (Wildman–Crippen MR) is 20.3 cm³/mol. The van der Waals surface area contributed by atoms with Crippen LogP contribution in [0.3, 0.4) is 0 Å². The van der Waals surface area contributed by atoms with E-state index in [0.717, 1.165) is 0 Å². The van der Waals surface area contributed by atoms with Gasteiger partial charge in [0, 0.05) is 0 Å². The van der Waals surface area contributed by atoms with Crippen LogP contribution in [-0.4, -0.2) is 23.1 Å². The molecule has 0 aromatic heterocycles. The van der Waals surface area contributed by atoms with Crippen LogP contribution < -0.4 is 17.0 Å². The molecule has 0 aromatic carbocycles. The Morgan fingerprint density at radius 1 is 1.60 bits per heavy atom. The minimum atomic E-state index is 0. The average molecular weight is 144 g/mol. The minimum Gasteiger partial charge on any atom is -1.00 e. The maximum Gasteiger partial charge on any atom is 2.00 e. The maximum absolute atomic E-state index is 4.60. The largest absolute Gasteiger partial charge is 2.00 e. The number of halogens is 1. The molecule has 0 radical (unpaired) electrons. The Bertz CT molecular complexity index is 28.4. The predicted octanol–water partition coefficient (Wildman–Crippen LogP) is -2.74. The maximum atomic E-state index is 4.60. The summed E-state index contributed by atoms with van der Waals surface area (Å²) in [6.07, 6.45) is 4.60. The summed E-state index contributed by atoms with van der Waals surface area (Å²) in [5, 5.41) is 0.